The van der Waals surface area contributed by atoms with Crippen molar-refractivity contribution in [2.75, 3.05) is 17.3 Å². The van der Waals surface area contributed by atoms with E-state index < -0.39 is 12.7 Å². The minimum atomic E-state index is -4.41. The third-order valence-corrected chi connectivity index (χ3v) is 1.73. The van der Waals surface area contributed by atoms with Gasteiger partial charge in [0.2, 0.25) is 0 Å². The SMILES string of the molecule is Nc1ncc(Cl)cc1N(N)CC(F)(F)F. The van der Waals surface area contributed by atoms with E-state index in [1.54, 1.807) is 0 Å². The number of nitrogen functional groups attached to an aromatic ring is 1. The van der Waals surface area contributed by atoms with Crippen molar-refractivity contribution in [3.63, 3.8) is 0 Å². The van der Waals surface area contributed by atoms with Crippen LogP contribution in [0.5, 0.6) is 0 Å². The van der Waals surface area contributed by atoms with Crippen LogP contribution in [0.3, 0.4) is 0 Å². The Bertz CT molecular complexity index is 355. The van der Waals surface area contributed by atoms with E-state index >= 15 is 0 Å². The summed E-state index contributed by atoms with van der Waals surface area (Å²) in [5.74, 6) is 5.08. The summed E-state index contributed by atoms with van der Waals surface area (Å²) in [7, 11) is 0. The Hall–Kier alpha value is -1.21. The molecule has 0 fully saturated rings. The number of rotatable bonds is 2. The van der Waals surface area contributed by atoms with Crippen LogP contribution in [0.25, 0.3) is 0 Å². The number of aromatic nitrogens is 1. The summed E-state index contributed by atoms with van der Waals surface area (Å²) in [6, 6.07) is 1.22. The molecule has 4 N–H and O–H groups in total. The number of pyridine rings is 1. The number of anilines is 2. The third kappa shape index (κ3) is 3.45. The third-order valence-electron chi connectivity index (χ3n) is 1.52. The predicted molar refractivity (Wildman–Crippen MR) is 51.2 cm³/mol. The van der Waals surface area contributed by atoms with Crippen molar-refractivity contribution in [3.05, 3.63) is 17.3 Å². The van der Waals surface area contributed by atoms with Gasteiger partial charge in [0.25, 0.3) is 0 Å². The molecule has 0 aliphatic carbocycles. The van der Waals surface area contributed by atoms with Gasteiger partial charge in [-0.1, -0.05) is 11.6 Å². The van der Waals surface area contributed by atoms with Crippen LogP contribution in [0.1, 0.15) is 0 Å². The molecular formula is C7H8ClF3N4. The highest BCUT2D eigenvalue weighted by atomic mass is 35.5. The number of hydrogen-bond acceptors (Lipinski definition) is 4. The smallest absolute Gasteiger partial charge is 0.382 e. The largest absolute Gasteiger partial charge is 0.407 e. The van der Waals surface area contributed by atoms with Crippen molar-refractivity contribution >= 4 is 23.1 Å². The number of hydrogen-bond donors (Lipinski definition) is 2. The highest BCUT2D eigenvalue weighted by Crippen LogP contribution is 2.25. The summed E-state index contributed by atoms with van der Waals surface area (Å²) >= 11 is 5.55. The number of nitrogens with zero attached hydrogens (tertiary/aromatic N) is 2. The van der Waals surface area contributed by atoms with Crippen molar-refractivity contribution in [1.29, 1.82) is 0 Å². The van der Waals surface area contributed by atoms with Crippen molar-refractivity contribution in [2.24, 2.45) is 5.84 Å². The Balaban J connectivity index is 2.90. The highest BCUT2D eigenvalue weighted by Gasteiger charge is 2.30. The number of nitrogens with two attached hydrogens (primary N) is 2. The first-order valence-electron chi connectivity index (χ1n) is 3.79. The molecule has 0 atom stereocenters. The molecule has 1 aromatic heterocycles. The molecule has 1 aromatic rings. The average molecular weight is 241 g/mol. The summed E-state index contributed by atoms with van der Waals surface area (Å²) in [6.07, 6.45) is -3.19. The van der Waals surface area contributed by atoms with E-state index in [9.17, 15) is 13.2 Å². The predicted octanol–water partition coefficient (Wildman–Crippen LogP) is 1.56. The number of halogens is 4. The van der Waals surface area contributed by atoms with Crippen LogP contribution < -0.4 is 16.6 Å². The first kappa shape index (κ1) is 11.9. The van der Waals surface area contributed by atoms with Crippen molar-refractivity contribution in [2.45, 2.75) is 6.18 Å². The van der Waals surface area contributed by atoms with Gasteiger partial charge in [0.15, 0.2) is 0 Å². The normalized spacial score (nSPS) is 11.5. The molecule has 0 spiro atoms. The highest BCUT2D eigenvalue weighted by molar-refractivity contribution is 6.30. The van der Waals surface area contributed by atoms with Crippen LogP contribution in [0.4, 0.5) is 24.7 Å². The van der Waals surface area contributed by atoms with Crippen LogP contribution in [-0.2, 0) is 0 Å². The molecule has 0 aliphatic heterocycles. The minimum Gasteiger partial charge on any atom is -0.382 e. The zero-order valence-electron chi connectivity index (χ0n) is 7.42. The molecule has 0 unspecified atom stereocenters. The lowest BCUT2D eigenvalue weighted by molar-refractivity contribution is -0.119. The topological polar surface area (TPSA) is 68.2 Å². The van der Waals surface area contributed by atoms with E-state index in [0.717, 1.165) is 0 Å². The van der Waals surface area contributed by atoms with Gasteiger partial charge in [0, 0.05) is 6.20 Å². The lowest BCUT2D eigenvalue weighted by atomic mass is 10.3. The molecule has 0 aliphatic rings. The van der Waals surface area contributed by atoms with Gasteiger partial charge < -0.3 is 5.73 Å². The molecule has 0 amide bonds. The quantitative estimate of drug-likeness (QED) is 0.608. The maximum atomic E-state index is 12.0. The van der Waals surface area contributed by atoms with E-state index in [0.29, 0.717) is 5.01 Å². The maximum absolute atomic E-state index is 12.0. The van der Waals surface area contributed by atoms with Gasteiger partial charge in [-0.05, 0) is 6.07 Å². The van der Waals surface area contributed by atoms with Crippen molar-refractivity contribution in [3.8, 4) is 0 Å². The fraction of sp³-hybridized carbons (Fsp3) is 0.286. The molecule has 0 bridgehead atoms. The Labute approximate surface area is 88.6 Å². The zero-order valence-corrected chi connectivity index (χ0v) is 8.18. The molecule has 1 rings (SSSR count). The first-order valence-corrected chi connectivity index (χ1v) is 4.17. The van der Waals surface area contributed by atoms with Gasteiger partial charge in [-0.3, -0.25) is 5.01 Å². The van der Waals surface area contributed by atoms with Crippen LogP contribution in [-0.4, -0.2) is 17.7 Å². The Morgan fingerprint density at radius 1 is 1.47 bits per heavy atom. The van der Waals surface area contributed by atoms with Crippen LogP contribution in [0, 0.1) is 0 Å². The minimum absolute atomic E-state index is 0.0557. The lowest BCUT2D eigenvalue weighted by Gasteiger charge is -2.21. The lowest BCUT2D eigenvalue weighted by Crippen LogP contribution is -2.40. The number of alkyl halides is 3. The molecule has 0 aromatic carbocycles. The second-order valence-corrected chi connectivity index (χ2v) is 3.24. The van der Waals surface area contributed by atoms with Gasteiger partial charge in [0.1, 0.15) is 12.4 Å². The second kappa shape index (κ2) is 4.11. The molecule has 84 valence electrons. The molecule has 4 nitrogen and oxygen atoms in total. The maximum Gasteiger partial charge on any atom is 0.407 e. The molecule has 0 saturated carbocycles. The van der Waals surface area contributed by atoms with Gasteiger partial charge in [-0.2, -0.15) is 13.2 Å². The zero-order chi connectivity index (χ0) is 11.6. The fourth-order valence-corrected chi connectivity index (χ4v) is 1.10. The molecule has 8 heteroatoms. The molecule has 0 saturated heterocycles. The first-order chi connectivity index (χ1) is 6.79. The summed E-state index contributed by atoms with van der Waals surface area (Å²) in [4.78, 5) is 3.59. The van der Waals surface area contributed by atoms with E-state index in [1.807, 2.05) is 0 Å². The van der Waals surface area contributed by atoms with Crippen LogP contribution >= 0.6 is 11.6 Å². The number of hydrazine groups is 1. The van der Waals surface area contributed by atoms with Gasteiger partial charge in [-0.25, -0.2) is 10.8 Å². The summed E-state index contributed by atoms with van der Waals surface area (Å²) in [5.41, 5.74) is 5.29. The molecule has 15 heavy (non-hydrogen) atoms. The second-order valence-electron chi connectivity index (χ2n) is 2.80. The van der Waals surface area contributed by atoms with Gasteiger partial charge in [0.05, 0.1) is 10.7 Å². The average Bonchev–Trinajstić information content (AvgIpc) is 2.06. The van der Waals surface area contributed by atoms with E-state index in [4.69, 9.17) is 23.2 Å². The summed E-state index contributed by atoms with van der Waals surface area (Å²) in [5, 5.41) is 0.616. The standard InChI is InChI=1S/C7H8ClF3N4/c8-4-1-5(6(12)14-2-4)15(13)3-7(9,10)11/h1-2H,3,13H2,(H2,12,14). The van der Waals surface area contributed by atoms with Crippen molar-refractivity contribution in [1.82, 2.24) is 4.98 Å². The summed E-state index contributed by atoms with van der Waals surface area (Å²) < 4.78 is 36.0. The van der Waals surface area contributed by atoms with Crippen LogP contribution in [0.2, 0.25) is 5.02 Å². The Kier molecular flexibility index (Phi) is 3.25. The Morgan fingerprint density at radius 2 is 2.07 bits per heavy atom. The monoisotopic (exact) mass is 240 g/mol. The van der Waals surface area contributed by atoms with E-state index in [-0.39, 0.29) is 16.5 Å². The van der Waals surface area contributed by atoms with Crippen molar-refractivity contribution < 1.29 is 13.2 Å². The summed E-state index contributed by atoms with van der Waals surface area (Å²) in [6.45, 7) is -1.32. The van der Waals surface area contributed by atoms with Gasteiger partial charge >= 0.3 is 6.18 Å². The molecule has 0 radical (unpaired) electrons. The molecular weight excluding hydrogens is 233 g/mol. The fourth-order valence-electron chi connectivity index (χ4n) is 0.948. The van der Waals surface area contributed by atoms with Gasteiger partial charge in [-0.15, -0.1) is 0 Å². The Morgan fingerprint density at radius 3 is 2.60 bits per heavy atom. The van der Waals surface area contributed by atoms with E-state index in [2.05, 4.69) is 4.98 Å². The van der Waals surface area contributed by atoms with Crippen LogP contribution in [0.15, 0.2) is 12.3 Å². The van der Waals surface area contributed by atoms with E-state index in [1.165, 1.54) is 12.3 Å². The molecule has 1 heterocycles.